The number of non-ortho nitro benzene ring substituents is 1. The van der Waals surface area contributed by atoms with Gasteiger partial charge in [-0.25, -0.2) is 0 Å². The van der Waals surface area contributed by atoms with Crippen molar-refractivity contribution in [3.63, 3.8) is 0 Å². The van der Waals surface area contributed by atoms with Crippen molar-refractivity contribution in [3.8, 4) is 5.75 Å². The highest BCUT2D eigenvalue weighted by Crippen LogP contribution is 2.44. The molecule has 0 saturated heterocycles. The van der Waals surface area contributed by atoms with Crippen LogP contribution in [0.25, 0.3) is 0 Å². The van der Waals surface area contributed by atoms with E-state index in [1.807, 2.05) is 38.1 Å². The summed E-state index contributed by atoms with van der Waals surface area (Å²) in [6.45, 7) is 29.4. The summed E-state index contributed by atoms with van der Waals surface area (Å²) in [5.41, 5.74) is 1.11. The van der Waals surface area contributed by atoms with Crippen molar-refractivity contribution in [2.24, 2.45) is 10.9 Å². The zero-order valence-electron chi connectivity index (χ0n) is 31.7. The van der Waals surface area contributed by atoms with Gasteiger partial charge in [0.25, 0.3) is 5.69 Å². The minimum Gasteiger partial charge on any atom is -0.502 e. The summed E-state index contributed by atoms with van der Waals surface area (Å²) in [6.07, 6.45) is 1.21. The minimum absolute atomic E-state index is 0.188. The van der Waals surface area contributed by atoms with Crippen molar-refractivity contribution in [1.82, 2.24) is 0 Å². The summed E-state index contributed by atoms with van der Waals surface area (Å²) in [6, 6.07) is 13.4. The fraction of sp³-hybridized carbons (Fsp3) is 0.525. The molecule has 0 fully saturated rings. The molecule has 0 unspecified atom stereocenters. The summed E-state index contributed by atoms with van der Waals surface area (Å²) in [5.74, 6) is -1.04. The van der Waals surface area contributed by atoms with Gasteiger partial charge in [0.05, 0.1) is 22.0 Å². The van der Waals surface area contributed by atoms with Crippen LogP contribution in [0.1, 0.15) is 136 Å². The van der Waals surface area contributed by atoms with E-state index in [1.54, 1.807) is 0 Å². The Hall–Kier alpha value is -4.11. The largest absolute Gasteiger partial charge is 0.502 e. The predicted molar refractivity (Wildman–Crippen MR) is 198 cm³/mol. The standard InChI is InChI=1S/C40H55N3O6/c1-24(2)35(41-23-25-15-32(42(46)47)22-33(34(25)44)43(48)49)40(45,30-18-26(36(3,4)5)16-27(19-30)37(6,7)8)31-20-28(38(9,10)11)17-29(21-31)39(12,13)14/h15-24,35,44-45H,1-14H3/t35-/m0/s1. The first-order chi connectivity index (χ1) is 22.1. The van der Waals surface area contributed by atoms with E-state index in [-0.39, 0.29) is 33.1 Å². The van der Waals surface area contributed by atoms with Gasteiger partial charge in [-0.05, 0) is 61.0 Å². The van der Waals surface area contributed by atoms with Crippen LogP contribution in [-0.4, -0.2) is 32.3 Å². The van der Waals surface area contributed by atoms with E-state index in [4.69, 9.17) is 4.99 Å². The fourth-order valence-corrected chi connectivity index (χ4v) is 5.83. The molecule has 3 aromatic carbocycles. The van der Waals surface area contributed by atoms with Crippen LogP contribution in [0.15, 0.2) is 53.5 Å². The molecule has 0 aliphatic carbocycles. The third-order valence-electron chi connectivity index (χ3n) is 9.16. The molecule has 0 aliphatic heterocycles. The monoisotopic (exact) mass is 673 g/mol. The van der Waals surface area contributed by atoms with Crippen LogP contribution in [0.2, 0.25) is 0 Å². The maximum absolute atomic E-state index is 13.6. The number of nitro groups is 2. The Bertz CT molecular complexity index is 1620. The summed E-state index contributed by atoms with van der Waals surface area (Å²) in [5, 5.41) is 47.8. The van der Waals surface area contributed by atoms with E-state index < -0.39 is 38.6 Å². The van der Waals surface area contributed by atoms with Crippen LogP contribution in [0.5, 0.6) is 5.75 Å². The van der Waals surface area contributed by atoms with Crippen LogP contribution in [0.3, 0.4) is 0 Å². The van der Waals surface area contributed by atoms with Gasteiger partial charge in [-0.1, -0.05) is 133 Å². The van der Waals surface area contributed by atoms with Gasteiger partial charge in [0.1, 0.15) is 5.60 Å². The first-order valence-corrected chi connectivity index (χ1v) is 16.8. The van der Waals surface area contributed by atoms with Crippen molar-refractivity contribution in [2.75, 3.05) is 0 Å². The number of nitrogens with zero attached hydrogens (tertiary/aromatic N) is 3. The molecule has 0 spiro atoms. The highest BCUT2D eigenvalue weighted by atomic mass is 16.6. The van der Waals surface area contributed by atoms with Crippen molar-refractivity contribution < 1.29 is 20.1 Å². The van der Waals surface area contributed by atoms with Crippen molar-refractivity contribution in [3.05, 3.63) is 108 Å². The molecule has 9 nitrogen and oxygen atoms in total. The van der Waals surface area contributed by atoms with Gasteiger partial charge in [-0.15, -0.1) is 0 Å². The molecule has 0 heterocycles. The molecule has 0 aromatic heterocycles. The number of rotatable bonds is 8. The fourth-order valence-electron chi connectivity index (χ4n) is 5.83. The second-order valence-electron chi connectivity index (χ2n) is 17.7. The number of hydrogen-bond acceptors (Lipinski definition) is 7. The highest BCUT2D eigenvalue weighted by Gasteiger charge is 2.44. The summed E-state index contributed by atoms with van der Waals surface area (Å²) >= 11 is 0. The van der Waals surface area contributed by atoms with Crippen molar-refractivity contribution in [1.29, 1.82) is 0 Å². The number of aliphatic hydroxyl groups is 1. The lowest BCUT2D eigenvalue weighted by Crippen LogP contribution is -2.44. The highest BCUT2D eigenvalue weighted by molar-refractivity contribution is 5.87. The van der Waals surface area contributed by atoms with E-state index in [9.17, 15) is 30.4 Å². The molecule has 0 saturated carbocycles. The zero-order chi connectivity index (χ0) is 37.7. The third-order valence-corrected chi connectivity index (χ3v) is 9.16. The Labute approximate surface area is 291 Å². The Kier molecular flexibility index (Phi) is 10.7. The van der Waals surface area contributed by atoms with Gasteiger partial charge in [-0.3, -0.25) is 25.2 Å². The molecule has 0 bridgehead atoms. The smallest absolute Gasteiger partial charge is 0.318 e. The number of nitro benzene ring substituents is 2. The summed E-state index contributed by atoms with van der Waals surface area (Å²) in [4.78, 5) is 26.6. The average molecular weight is 674 g/mol. The van der Waals surface area contributed by atoms with E-state index in [1.165, 1.54) is 6.21 Å². The topological polar surface area (TPSA) is 139 Å². The maximum atomic E-state index is 13.6. The number of hydrogen-bond donors (Lipinski definition) is 2. The summed E-state index contributed by atoms with van der Waals surface area (Å²) < 4.78 is 0. The molecule has 0 amide bonds. The van der Waals surface area contributed by atoms with Gasteiger partial charge in [0.2, 0.25) is 5.75 Å². The van der Waals surface area contributed by atoms with Gasteiger partial charge >= 0.3 is 5.69 Å². The quantitative estimate of drug-likeness (QED) is 0.139. The molecule has 9 heteroatoms. The van der Waals surface area contributed by atoms with Crippen LogP contribution in [0.4, 0.5) is 11.4 Å². The molecular weight excluding hydrogens is 618 g/mol. The van der Waals surface area contributed by atoms with Gasteiger partial charge < -0.3 is 10.2 Å². The van der Waals surface area contributed by atoms with Gasteiger partial charge in [-0.2, -0.15) is 0 Å². The van der Waals surface area contributed by atoms with E-state index in [2.05, 4.69) is 95.2 Å². The molecule has 3 rings (SSSR count). The Morgan fingerprint density at radius 1 is 0.612 bits per heavy atom. The van der Waals surface area contributed by atoms with Crippen LogP contribution in [0, 0.1) is 26.1 Å². The Morgan fingerprint density at radius 2 is 0.959 bits per heavy atom. The molecular formula is C40H55N3O6. The number of benzene rings is 3. The van der Waals surface area contributed by atoms with Crippen molar-refractivity contribution >= 4 is 17.6 Å². The lowest BCUT2D eigenvalue weighted by atomic mass is 9.70. The Balaban J connectivity index is 2.57. The lowest BCUT2D eigenvalue weighted by molar-refractivity contribution is -0.394. The second kappa shape index (κ2) is 13.3. The van der Waals surface area contributed by atoms with Gasteiger partial charge in [0.15, 0.2) is 0 Å². The molecule has 3 aromatic rings. The van der Waals surface area contributed by atoms with Crippen LogP contribution < -0.4 is 0 Å². The second-order valence-corrected chi connectivity index (χ2v) is 17.7. The van der Waals surface area contributed by atoms with Gasteiger partial charge in [0, 0.05) is 17.8 Å². The third kappa shape index (κ3) is 8.55. The Morgan fingerprint density at radius 3 is 1.24 bits per heavy atom. The normalized spacial score (nSPS) is 14.0. The molecule has 1 atom stereocenters. The average Bonchev–Trinajstić information content (AvgIpc) is 2.95. The van der Waals surface area contributed by atoms with Crippen LogP contribution >= 0.6 is 0 Å². The van der Waals surface area contributed by atoms with E-state index in [0.29, 0.717) is 11.1 Å². The number of phenolic OH excluding ortho intramolecular Hbond substituents is 1. The molecule has 0 radical (unpaired) electrons. The molecule has 266 valence electrons. The maximum Gasteiger partial charge on any atom is 0.318 e. The van der Waals surface area contributed by atoms with E-state index in [0.717, 1.165) is 34.4 Å². The van der Waals surface area contributed by atoms with E-state index >= 15 is 0 Å². The molecule has 2 N–H and O–H groups in total. The van der Waals surface area contributed by atoms with Crippen molar-refractivity contribution in [2.45, 2.75) is 130 Å². The SMILES string of the molecule is CC(C)[C@H](N=Cc1cc([N+](=O)[O-])cc([N+](=O)[O-])c1O)C(O)(c1cc(C(C)(C)C)cc(C(C)(C)C)c1)c1cc(C(C)(C)C)cc(C(C)(C)C)c1. The zero-order valence-corrected chi connectivity index (χ0v) is 31.7. The minimum atomic E-state index is -1.74. The lowest BCUT2D eigenvalue weighted by Gasteiger charge is -2.40. The number of aliphatic imine (C=N–C) groups is 1. The van der Waals surface area contributed by atoms with Crippen LogP contribution in [-0.2, 0) is 27.3 Å². The first kappa shape index (κ1) is 39.3. The molecule has 49 heavy (non-hydrogen) atoms. The first-order valence-electron chi connectivity index (χ1n) is 16.8. The number of aromatic hydroxyl groups is 1. The number of phenols is 1. The molecule has 0 aliphatic rings. The predicted octanol–water partition coefficient (Wildman–Crippen LogP) is 9.78. The summed E-state index contributed by atoms with van der Waals surface area (Å²) in [7, 11) is 0.